The molecule has 5 rings (SSSR count). The van der Waals surface area contributed by atoms with Gasteiger partial charge in [-0.2, -0.15) is 5.26 Å². The number of carbonyl (C=O) groups is 1. The van der Waals surface area contributed by atoms with Crippen LogP contribution in [0.15, 0.2) is 42.7 Å². The monoisotopic (exact) mass is 442 g/mol. The Labute approximate surface area is 192 Å². The van der Waals surface area contributed by atoms with Crippen molar-refractivity contribution >= 4 is 23.0 Å². The molecule has 2 fully saturated rings. The summed E-state index contributed by atoms with van der Waals surface area (Å²) < 4.78 is 11.5. The van der Waals surface area contributed by atoms with Crippen molar-refractivity contribution in [3.8, 4) is 22.9 Å². The second kappa shape index (κ2) is 9.47. The zero-order chi connectivity index (χ0) is 22.6. The zero-order valence-electron chi connectivity index (χ0n) is 18.4. The number of H-pyrrole nitrogens is 1. The topological polar surface area (TPSA) is 91.2 Å². The number of aromatic amines is 1. The quantitative estimate of drug-likeness (QED) is 0.595. The number of aromatic nitrogens is 2. The molecule has 7 nitrogen and oxygen atoms in total. The van der Waals surface area contributed by atoms with Crippen LogP contribution in [0.5, 0.6) is 5.75 Å². The van der Waals surface area contributed by atoms with E-state index in [1.807, 2.05) is 41.4 Å². The molecule has 0 atom stereocenters. The first-order chi connectivity index (χ1) is 16.2. The van der Waals surface area contributed by atoms with E-state index in [1.165, 1.54) is 0 Å². The molecule has 0 unspecified atom stereocenters. The second-order valence-electron chi connectivity index (χ2n) is 8.49. The summed E-state index contributed by atoms with van der Waals surface area (Å²) in [6.45, 7) is 3.04. The van der Waals surface area contributed by atoms with Crippen LogP contribution in [0.25, 0.3) is 28.2 Å². The molecule has 168 valence electrons. The van der Waals surface area contributed by atoms with Gasteiger partial charge < -0.3 is 19.4 Å². The maximum absolute atomic E-state index is 12.3. The number of nitrogens with one attached hydrogen (secondary N) is 1. The largest absolute Gasteiger partial charge is 0.489 e. The van der Waals surface area contributed by atoms with Gasteiger partial charge in [0.1, 0.15) is 23.6 Å². The van der Waals surface area contributed by atoms with Gasteiger partial charge in [-0.3, -0.25) is 4.79 Å². The highest BCUT2D eigenvalue weighted by Crippen LogP contribution is 2.32. The lowest BCUT2D eigenvalue weighted by Gasteiger charge is -2.23. The SMILES string of the molecule is N#Cc1cc(-c2c[nH]c3ncc(/C=C/C(=O)N4CCCC4)cc23)ccc1OC1CCOCC1. The summed E-state index contributed by atoms with van der Waals surface area (Å²) >= 11 is 0. The molecule has 2 aliphatic rings. The third kappa shape index (κ3) is 4.62. The molecule has 3 aromatic rings. The zero-order valence-corrected chi connectivity index (χ0v) is 18.4. The number of ether oxygens (including phenoxy) is 2. The third-order valence-electron chi connectivity index (χ3n) is 6.26. The van der Waals surface area contributed by atoms with Crippen LogP contribution in [-0.4, -0.2) is 53.2 Å². The molecule has 33 heavy (non-hydrogen) atoms. The highest BCUT2D eigenvalue weighted by atomic mass is 16.5. The van der Waals surface area contributed by atoms with Crippen LogP contribution in [0, 0.1) is 11.3 Å². The predicted octanol–water partition coefficient (Wildman–Crippen LogP) is 4.29. The fourth-order valence-electron chi connectivity index (χ4n) is 4.42. The Bertz CT molecular complexity index is 1230. The van der Waals surface area contributed by atoms with Crippen molar-refractivity contribution in [3.05, 3.63) is 53.9 Å². The van der Waals surface area contributed by atoms with Crippen LogP contribution in [-0.2, 0) is 9.53 Å². The van der Waals surface area contributed by atoms with E-state index in [2.05, 4.69) is 16.0 Å². The molecule has 2 saturated heterocycles. The smallest absolute Gasteiger partial charge is 0.246 e. The average molecular weight is 443 g/mol. The maximum Gasteiger partial charge on any atom is 0.246 e. The molecule has 2 aromatic heterocycles. The highest BCUT2D eigenvalue weighted by Gasteiger charge is 2.18. The van der Waals surface area contributed by atoms with Crippen LogP contribution >= 0.6 is 0 Å². The minimum absolute atomic E-state index is 0.0423. The number of nitrogens with zero attached hydrogens (tertiary/aromatic N) is 3. The number of nitriles is 1. The van der Waals surface area contributed by atoms with Crippen molar-refractivity contribution in [1.82, 2.24) is 14.9 Å². The molecule has 0 radical (unpaired) electrons. The van der Waals surface area contributed by atoms with Crippen molar-refractivity contribution in [2.24, 2.45) is 0 Å². The number of hydrogen-bond donors (Lipinski definition) is 1. The van der Waals surface area contributed by atoms with Gasteiger partial charge in [-0.05, 0) is 48.2 Å². The van der Waals surface area contributed by atoms with Gasteiger partial charge in [0.2, 0.25) is 5.91 Å². The summed E-state index contributed by atoms with van der Waals surface area (Å²) in [5, 5.41) is 10.7. The summed E-state index contributed by atoms with van der Waals surface area (Å²) in [4.78, 5) is 21.9. The first-order valence-electron chi connectivity index (χ1n) is 11.4. The second-order valence-corrected chi connectivity index (χ2v) is 8.49. The summed E-state index contributed by atoms with van der Waals surface area (Å²) in [7, 11) is 0. The van der Waals surface area contributed by atoms with Crippen LogP contribution in [0.1, 0.15) is 36.8 Å². The molecule has 1 N–H and O–H groups in total. The van der Waals surface area contributed by atoms with Gasteiger partial charge in [0.15, 0.2) is 0 Å². The van der Waals surface area contributed by atoms with E-state index in [0.717, 1.165) is 66.5 Å². The lowest BCUT2D eigenvalue weighted by molar-refractivity contribution is -0.124. The normalized spacial score (nSPS) is 17.0. The minimum atomic E-state index is 0.0423. The number of rotatable bonds is 5. The Balaban J connectivity index is 1.40. The summed E-state index contributed by atoms with van der Waals surface area (Å²) in [5.41, 5.74) is 3.99. The van der Waals surface area contributed by atoms with Crippen LogP contribution < -0.4 is 4.74 Å². The van der Waals surface area contributed by atoms with Crippen molar-refractivity contribution in [1.29, 1.82) is 5.26 Å². The number of amides is 1. The first kappa shape index (κ1) is 21.2. The molecule has 0 aliphatic carbocycles. The Hall–Kier alpha value is -3.63. The van der Waals surface area contributed by atoms with Crippen LogP contribution in [0.3, 0.4) is 0 Å². The van der Waals surface area contributed by atoms with E-state index in [0.29, 0.717) is 24.5 Å². The molecule has 7 heteroatoms. The number of benzene rings is 1. The van der Waals surface area contributed by atoms with Crippen LogP contribution in [0.2, 0.25) is 0 Å². The van der Waals surface area contributed by atoms with Crippen molar-refractivity contribution < 1.29 is 14.3 Å². The van der Waals surface area contributed by atoms with E-state index in [-0.39, 0.29) is 12.0 Å². The molecule has 2 aliphatic heterocycles. The molecule has 1 amide bonds. The van der Waals surface area contributed by atoms with Gasteiger partial charge in [-0.25, -0.2) is 4.98 Å². The lowest BCUT2D eigenvalue weighted by atomic mass is 10.0. The number of carbonyl (C=O) groups excluding carboxylic acids is 1. The number of pyridine rings is 1. The summed E-state index contributed by atoms with van der Waals surface area (Å²) in [5.74, 6) is 0.649. The van der Waals surface area contributed by atoms with E-state index in [4.69, 9.17) is 9.47 Å². The number of fused-ring (bicyclic) bond motifs is 1. The standard InChI is InChI=1S/C26H26N4O3/c27-15-20-14-19(4-5-24(20)33-21-7-11-32-12-8-21)23-17-29-26-22(23)13-18(16-28-26)3-6-25(31)30-9-1-2-10-30/h3-6,13-14,16-17,21H,1-2,7-12H2,(H,28,29)/b6-3+. The van der Waals surface area contributed by atoms with Gasteiger partial charge >= 0.3 is 0 Å². The molecule has 0 bridgehead atoms. The van der Waals surface area contributed by atoms with Gasteiger partial charge in [0, 0.05) is 55.4 Å². The fraction of sp³-hybridized carbons (Fsp3) is 0.346. The highest BCUT2D eigenvalue weighted by molar-refractivity contribution is 5.96. The van der Waals surface area contributed by atoms with Crippen LogP contribution in [0.4, 0.5) is 0 Å². The summed E-state index contributed by atoms with van der Waals surface area (Å²) in [6, 6.07) is 9.98. The lowest BCUT2D eigenvalue weighted by Crippen LogP contribution is -2.26. The Morgan fingerprint density at radius 3 is 2.85 bits per heavy atom. The van der Waals surface area contributed by atoms with Gasteiger partial charge in [-0.15, -0.1) is 0 Å². The Morgan fingerprint density at radius 2 is 2.06 bits per heavy atom. The molecule has 4 heterocycles. The third-order valence-corrected chi connectivity index (χ3v) is 6.26. The number of hydrogen-bond acceptors (Lipinski definition) is 5. The molecular formula is C26H26N4O3. The average Bonchev–Trinajstić information content (AvgIpc) is 3.54. The van der Waals surface area contributed by atoms with Crippen molar-refractivity contribution in [2.75, 3.05) is 26.3 Å². The Kier molecular flexibility index (Phi) is 6.09. The van der Waals surface area contributed by atoms with E-state index in [9.17, 15) is 10.1 Å². The molecule has 0 saturated carbocycles. The van der Waals surface area contributed by atoms with Crippen molar-refractivity contribution in [3.63, 3.8) is 0 Å². The molecule has 0 spiro atoms. The maximum atomic E-state index is 12.3. The molecule has 1 aromatic carbocycles. The van der Waals surface area contributed by atoms with E-state index < -0.39 is 0 Å². The van der Waals surface area contributed by atoms with Crippen molar-refractivity contribution in [2.45, 2.75) is 31.8 Å². The van der Waals surface area contributed by atoms with Gasteiger partial charge in [0.05, 0.1) is 18.8 Å². The van der Waals surface area contributed by atoms with E-state index >= 15 is 0 Å². The fourth-order valence-corrected chi connectivity index (χ4v) is 4.42. The van der Waals surface area contributed by atoms with E-state index in [1.54, 1.807) is 12.3 Å². The van der Waals surface area contributed by atoms with Gasteiger partial charge in [-0.1, -0.05) is 6.07 Å². The first-order valence-corrected chi connectivity index (χ1v) is 11.4. The number of likely N-dealkylation sites (tertiary alicyclic amines) is 1. The van der Waals surface area contributed by atoms with Gasteiger partial charge in [0.25, 0.3) is 0 Å². The molecular weight excluding hydrogens is 416 g/mol. The Morgan fingerprint density at radius 1 is 1.24 bits per heavy atom. The summed E-state index contributed by atoms with van der Waals surface area (Å²) in [6.07, 6.45) is 11.0. The predicted molar refractivity (Wildman–Crippen MR) is 126 cm³/mol. The minimum Gasteiger partial charge on any atom is -0.489 e.